The number of aryl methyl sites for hydroxylation is 1. The van der Waals surface area contributed by atoms with Crippen molar-refractivity contribution in [3.05, 3.63) is 47.8 Å². The molecule has 6 nitrogen and oxygen atoms in total. The summed E-state index contributed by atoms with van der Waals surface area (Å²) < 4.78 is 29.5. The number of hydrogen-bond acceptors (Lipinski definition) is 3. The van der Waals surface area contributed by atoms with Crippen molar-refractivity contribution in [1.82, 2.24) is 9.88 Å². The Bertz CT molecular complexity index is 973. The zero-order valence-corrected chi connectivity index (χ0v) is 17.0. The van der Waals surface area contributed by atoms with Gasteiger partial charge in [0, 0.05) is 25.8 Å². The Balaban J connectivity index is 1.56. The van der Waals surface area contributed by atoms with Gasteiger partial charge in [-0.15, -0.1) is 0 Å². The molecule has 1 aromatic carbocycles. The second kappa shape index (κ2) is 7.62. The first-order chi connectivity index (χ1) is 13.5. The lowest BCUT2D eigenvalue weighted by Gasteiger charge is -2.18. The number of aromatic nitrogens is 1. The van der Waals surface area contributed by atoms with E-state index in [1.54, 1.807) is 11.6 Å². The number of carbonyl (C=O) groups is 1. The molecule has 0 saturated heterocycles. The zero-order chi connectivity index (χ0) is 19.7. The third kappa shape index (κ3) is 3.55. The van der Waals surface area contributed by atoms with Crippen LogP contribution in [-0.2, 0) is 23.5 Å². The maximum absolute atomic E-state index is 13.2. The average molecular weight is 402 g/mol. The minimum absolute atomic E-state index is 0.165. The molecule has 0 atom stereocenters. The molecule has 1 aliphatic carbocycles. The van der Waals surface area contributed by atoms with Gasteiger partial charge >= 0.3 is 0 Å². The van der Waals surface area contributed by atoms with E-state index >= 15 is 0 Å². The van der Waals surface area contributed by atoms with Crippen molar-refractivity contribution >= 4 is 21.6 Å². The van der Waals surface area contributed by atoms with Gasteiger partial charge in [0.2, 0.25) is 0 Å². The molecule has 0 bridgehead atoms. The van der Waals surface area contributed by atoms with Gasteiger partial charge in [-0.05, 0) is 37.0 Å². The van der Waals surface area contributed by atoms with Crippen molar-refractivity contribution < 1.29 is 13.2 Å². The predicted octanol–water partition coefficient (Wildman–Crippen LogP) is 3.23. The molecule has 0 spiro atoms. The number of nitrogens with zero attached hydrogens (tertiary/aromatic N) is 2. The first-order valence-corrected chi connectivity index (χ1v) is 11.5. The second-order valence-corrected chi connectivity index (χ2v) is 9.65. The summed E-state index contributed by atoms with van der Waals surface area (Å²) >= 11 is 0. The van der Waals surface area contributed by atoms with Crippen molar-refractivity contribution in [2.45, 2.75) is 55.9 Å². The predicted molar refractivity (Wildman–Crippen MR) is 109 cm³/mol. The summed E-state index contributed by atoms with van der Waals surface area (Å²) in [6.45, 7) is 0.431. The molecule has 4 rings (SSSR count). The van der Waals surface area contributed by atoms with Crippen LogP contribution in [0.4, 0.5) is 5.69 Å². The summed E-state index contributed by atoms with van der Waals surface area (Å²) in [6, 6.07) is 9.25. The number of amides is 1. The van der Waals surface area contributed by atoms with E-state index in [1.807, 2.05) is 24.3 Å². The maximum atomic E-state index is 13.2. The van der Waals surface area contributed by atoms with Gasteiger partial charge in [-0.25, -0.2) is 8.42 Å². The van der Waals surface area contributed by atoms with Crippen LogP contribution in [-0.4, -0.2) is 31.5 Å². The molecular formula is C21H27N3O3S. The van der Waals surface area contributed by atoms with Gasteiger partial charge in [-0.1, -0.05) is 43.9 Å². The molecule has 2 heterocycles. The van der Waals surface area contributed by atoms with E-state index in [0.29, 0.717) is 18.7 Å². The van der Waals surface area contributed by atoms with Gasteiger partial charge in [-0.3, -0.25) is 9.10 Å². The fourth-order valence-corrected chi connectivity index (χ4v) is 5.84. The zero-order valence-electron chi connectivity index (χ0n) is 16.2. The van der Waals surface area contributed by atoms with Crippen molar-refractivity contribution in [2.24, 2.45) is 7.05 Å². The SMILES string of the molecule is Cn1cc(S(=O)(=O)N2CCc3ccccc32)cc1C(=O)NC1CCCCCC1. The van der Waals surface area contributed by atoms with E-state index in [9.17, 15) is 13.2 Å². The summed E-state index contributed by atoms with van der Waals surface area (Å²) in [6.07, 6.45) is 8.93. The van der Waals surface area contributed by atoms with Crippen LogP contribution in [0.5, 0.6) is 0 Å². The van der Waals surface area contributed by atoms with E-state index in [0.717, 1.165) is 36.9 Å². The number of fused-ring (bicyclic) bond motifs is 1. The van der Waals surface area contributed by atoms with E-state index in [-0.39, 0.29) is 16.8 Å². The number of carbonyl (C=O) groups excluding carboxylic acids is 1. The van der Waals surface area contributed by atoms with Gasteiger partial charge in [0.05, 0.1) is 5.69 Å². The molecule has 2 aromatic rings. The van der Waals surface area contributed by atoms with Gasteiger partial charge in [0.1, 0.15) is 10.6 Å². The Labute approximate surface area is 166 Å². The van der Waals surface area contributed by atoms with Crippen molar-refractivity contribution in [2.75, 3.05) is 10.8 Å². The minimum Gasteiger partial charge on any atom is -0.348 e. The molecule has 1 aliphatic heterocycles. The van der Waals surface area contributed by atoms with E-state index in [1.165, 1.54) is 29.4 Å². The monoisotopic (exact) mass is 401 g/mol. The fourth-order valence-electron chi connectivity index (χ4n) is 4.27. The number of sulfonamides is 1. The topological polar surface area (TPSA) is 71.4 Å². The Hall–Kier alpha value is -2.28. The first kappa shape index (κ1) is 19.1. The molecular weight excluding hydrogens is 374 g/mol. The van der Waals surface area contributed by atoms with Crippen LogP contribution in [0.2, 0.25) is 0 Å². The average Bonchev–Trinajstić information content (AvgIpc) is 3.20. The number of rotatable bonds is 4. The number of benzene rings is 1. The highest BCUT2D eigenvalue weighted by Crippen LogP contribution is 2.33. The lowest BCUT2D eigenvalue weighted by atomic mass is 10.1. The van der Waals surface area contributed by atoms with Crippen LogP contribution in [0.25, 0.3) is 0 Å². The van der Waals surface area contributed by atoms with E-state index in [2.05, 4.69) is 5.32 Å². The van der Waals surface area contributed by atoms with Crippen molar-refractivity contribution in [3.8, 4) is 0 Å². The lowest BCUT2D eigenvalue weighted by Crippen LogP contribution is -2.35. The summed E-state index contributed by atoms with van der Waals surface area (Å²) in [7, 11) is -1.97. The maximum Gasteiger partial charge on any atom is 0.268 e. The third-order valence-corrected chi connectivity index (χ3v) is 7.61. The second-order valence-electron chi connectivity index (χ2n) is 7.79. The number of hydrogen-bond donors (Lipinski definition) is 1. The highest BCUT2D eigenvalue weighted by molar-refractivity contribution is 7.92. The standard InChI is InChI=1S/C21H27N3O3S/c1-23-15-18(14-20(23)21(25)22-17-9-4-2-3-5-10-17)28(26,27)24-13-12-16-8-6-7-11-19(16)24/h6-8,11,14-15,17H,2-5,9-10,12-13H2,1H3,(H,22,25). The van der Waals surface area contributed by atoms with Crippen LogP contribution < -0.4 is 9.62 Å². The molecule has 1 saturated carbocycles. The Morgan fingerprint density at radius 3 is 2.57 bits per heavy atom. The largest absolute Gasteiger partial charge is 0.348 e. The van der Waals surface area contributed by atoms with Crippen LogP contribution in [0.3, 0.4) is 0 Å². The van der Waals surface area contributed by atoms with E-state index in [4.69, 9.17) is 0 Å². The molecule has 0 radical (unpaired) electrons. The van der Waals surface area contributed by atoms with Crippen molar-refractivity contribution in [3.63, 3.8) is 0 Å². The van der Waals surface area contributed by atoms with E-state index < -0.39 is 10.0 Å². The molecule has 2 aliphatic rings. The van der Waals surface area contributed by atoms with Crippen molar-refractivity contribution in [1.29, 1.82) is 0 Å². The highest BCUT2D eigenvalue weighted by Gasteiger charge is 2.32. The molecule has 1 N–H and O–H groups in total. The number of nitrogens with one attached hydrogen (secondary N) is 1. The van der Waals surface area contributed by atoms with Gasteiger partial charge in [-0.2, -0.15) is 0 Å². The Morgan fingerprint density at radius 2 is 1.82 bits per heavy atom. The minimum atomic E-state index is -3.69. The van der Waals surface area contributed by atoms with Crippen LogP contribution in [0.1, 0.15) is 54.6 Å². The van der Waals surface area contributed by atoms with Crippen LogP contribution >= 0.6 is 0 Å². The van der Waals surface area contributed by atoms with Gasteiger partial charge < -0.3 is 9.88 Å². The molecule has 28 heavy (non-hydrogen) atoms. The van der Waals surface area contributed by atoms with Gasteiger partial charge in [0.15, 0.2) is 0 Å². The first-order valence-electron chi connectivity index (χ1n) is 10.0. The quantitative estimate of drug-likeness (QED) is 0.800. The number of para-hydroxylation sites is 1. The number of anilines is 1. The Morgan fingerprint density at radius 1 is 1.11 bits per heavy atom. The smallest absolute Gasteiger partial charge is 0.268 e. The van der Waals surface area contributed by atoms with Crippen LogP contribution in [0, 0.1) is 0 Å². The summed E-state index contributed by atoms with van der Waals surface area (Å²) in [5.74, 6) is -0.197. The summed E-state index contributed by atoms with van der Waals surface area (Å²) in [5, 5.41) is 3.10. The molecule has 1 fully saturated rings. The Kier molecular flexibility index (Phi) is 5.19. The highest BCUT2D eigenvalue weighted by atomic mass is 32.2. The molecule has 150 valence electrons. The molecule has 1 amide bonds. The normalized spacial score (nSPS) is 18.0. The molecule has 0 unspecified atom stereocenters. The van der Waals surface area contributed by atoms with Gasteiger partial charge in [0.25, 0.3) is 15.9 Å². The third-order valence-electron chi connectivity index (χ3n) is 5.84. The molecule has 1 aromatic heterocycles. The summed E-state index contributed by atoms with van der Waals surface area (Å²) in [4.78, 5) is 12.9. The molecule has 7 heteroatoms. The fraction of sp³-hybridized carbons (Fsp3) is 0.476. The van der Waals surface area contributed by atoms with Crippen LogP contribution in [0.15, 0.2) is 41.4 Å². The summed E-state index contributed by atoms with van der Waals surface area (Å²) in [5.41, 5.74) is 2.15. The lowest BCUT2D eigenvalue weighted by molar-refractivity contribution is 0.0925.